The molecule has 0 saturated carbocycles. The number of ether oxygens (including phenoxy) is 1. The summed E-state index contributed by atoms with van der Waals surface area (Å²) in [6, 6.07) is 9.05. The van der Waals surface area contributed by atoms with Crippen molar-refractivity contribution in [2.45, 2.75) is 25.9 Å². The molecule has 0 spiro atoms. The Balaban J connectivity index is 1.83. The zero-order chi connectivity index (χ0) is 13.5. The van der Waals surface area contributed by atoms with Gasteiger partial charge in [0.25, 0.3) is 0 Å². The van der Waals surface area contributed by atoms with E-state index in [4.69, 9.17) is 9.84 Å². The molecule has 4 nitrogen and oxygen atoms in total. The molecule has 1 aliphatic rings. The summed E-state index contributed by atoms with van der Waals surface area (Å²) in [5, 5.41) is 12.3. The van der Waals surface area contributed by atoms with Crippen molar-refractivity contribution in [3.8, 4) is 0 Å². The lowest BCUT2D eigenvalue weighted by Gasteiger charge is -2.29. The number of benzene rings is 1. The first-order chi connectivity index (χ1) is 9.29. The predicted octanol–water partition coefficient (Wildman–Crippen LogP) is 1.38. The zero-order valence-corrected chi connectivity index (χ0v) is 11.6. The van der Waals surface area contributed by atoms with Crippen molar-refractivity contribution in [3.05, 3.63) is 29.8 Å². The summed E-state index contributed by atoms with van der Waals surface area (Å²) in [5.41, 5.74) is 2.55. The number of aliphatic hydroxyl groups is 1. The van der Waals surface area contributed by atoms with E-state index >= 15 is 0 Å². The molecule has 19 heavy (non-hydrogen) atoms. The number of rotatable bonds is 6. The molecule has 2 rings (SSSR count). The predicted molar refractivity (Wildman–Crippen MR) is 77.5 cm³/mol. The van der Waals surface area contributed by atoms with Gasteiger partial charge < -0.3 is 20.1 Å². The fourth-order valence-electron chi connectivity index (χ4n) is 2.23. The van der Waals surface area contributed by atoms with Crippen molar-refractivity contribution >= 4 is 5.69 Å². The van der Waals surface area contributed by atoms with E-state index in [9.17, 15) is 0 Å². The largest absolute Gasteiger partial charge is 0.396 e. The average molecular weight is 264 g/mol. The number of aliphatic hydroxyl groups excluding tert-OH is 1. The maximum Gasteiger partial charge on any atom is 0.0642 e. The van der Waals surface area contributed by atoms with Gasteiger partial charge in [-0.25, -0.2) is 0 Å². The average Bonchev–Trinajstić information content (AvgIpc) is 2.47. The SMILES string of the molecule is CC(CCO)NCc1ccc(N2CCOCC2)cc1. The van der Waals surface area contributed by atoms with Crippen LogP contribution in [0.4, 0.5) is 5.69 Å². The van der Waals surface area contributed by atoms with E-state index in [2.05, 4.69) is 41.4 Å². The van der Waals surface area contributed by atoms with E-state index in [0.717, 1.165) is 39.3 Å². The molecule has 1 unspecified atom stereocenters. The fraction of sp³-hybridized carbons (Fsp3) is 0.600. The fourth-order valence-corrected chi connectivity index (χ4v) is 2.23. The van der Waals surface area contributed by atoms with Gasteiger partial charge in [0.15, 0.2) is 0 Å². The molecule has 4 heteroatoms. The van der Waals surface area contributed by atoms with Gasteiger partial charge >= 0.3 is 0 Å². The molecule has 0 radical (unpaired) electrons. The highest BCUT2D eigenvalue weighted by molar-refractivity contribution is 5.47. The van der Waals surface area contributed by atoms with Crippen LogP contribution in [-0.4, -0.2) is 44.1 Å². The number of morpholine rings is 1. The Morgan fingerprint density at radius 1 is 1.26 bits per heavy atom. The summed E-state index contributed by atoms with van der Waals surface area (Å²) in [7, 11) is 0. The van der Waals surface area contributed by atoms with E-state index in [0.29, 0.717) is 6.04 Å². The lowest BCUT2D eigenvalue weighted by atomic mass is 10.1. The second kappa shape index (κ2) is 7.48. The Bertz CT molecular complexity index is 361. The molecule has 0 amide bonds. The molecule has 0 aromatic heterocycles. The minimum Gasteiger partial charge on any atom is -0.396 e. The van der Waals surface area contributed by atoms with Gasteiger partial charge in [-0.3, -0.25) is 0 Å². The molecular weight excluding hydrogens is 240 g/mol. The summed E-state index contributed by atoms with van der Waals surface area (Å²) >= 11 is 0. The standard InChI is InChI=1S/C15H24N2O2/c1-13(6-9-18)16-12-14-2-4-15(5-3-14)17-7-10-19-11-8-17/h2-5,13,16,18H,6-12H2,1H3. The Morgan fingerprint density at radius 2 is 1.95 bits per heavy atom. The first kappa shape index (κ1) is 14.3. The van der Waals surface area contributed by atoms with E-state index in [-0.39, 0.29) is 6.61 Å². The number of nitrogens with one attached hydrogen (secondary N) is 1. The highest BCUT2D eigenvalue weighted by atomic mass is 16.5. The van der Waals surface area contributed by atoms with Gasteiger partial charge in [-0.15, -0.1) is 0 Å². The number of hydrogen-bond donors (Lipinski definition) is 2. The van der Waals surface area contributed by atoms with Gasteiger partial charge in [-0.05, 0) is 31.0 Å². The highest BCUT2D eigenvalue weighted by Gasteiger charge is 2.10. The molecule has 1 aliphatic heterocycles. The third-order valence-corrected chi connectivity index (χ3v) is 3.53. The summed E-state index contributed by atoms with van der Waals surface area (Å²) < 4.78 is 5.36. The van der Waals surface area contributed by atoms with Crippen LogP contribution in [0.15, 0.2) is 24.3 Å². The van der Waals surface area contributed by atoms with Gasteiger partial charge in [0, 0.05) is 38.0 Å². The van der Waals surface area contributed by atoms with Crippen LogP contribution in [0.2, 0.25) is 0 Å². The van der Waals surface area contributed by atoms with Gasteiger partial charge in [0.2, 0.25) is 0 Å². The first-order valence-electron chi connectivity index (χ1n) is 7.05. The lowest BCUT2D eigenvalue weighted by Crippen LogP contribution is -2.36. The number of anilines is 1. The normalized spacial score (nSPS) is 17.5. The van der Waals surface area contributed by atoms with Crippen LogP contribution in [-0.2, 0) is 11.3 Å². The first-order valence-corrected chi connectivity index (χ1v) is 7.05. The Morgan fingerprint density at radius 3 is 2.58 bits per heavy atom. The van der Waals surface area contributed by atoms with E-state index in [1.165, 1.54) is 11.3 Å². The van der Waals surface area contributed by atoms with Crippen molar-refractivity contribution < 1.29 is 9.84 Å². The second-order valence-corrected chi connectivity index (χ2v) is 5.06. The molecule has 2 N–H and O–H groups in total. The van der Waals surface area contributed by atoms with E-state index in [1.54, 1.807) is 0 Å². The Hall–Kier alpha value is -1.10. The lowest BCUT2D eigenvalue weighted by molar-refractivity contribution is 0.122. The smallest absolute Gasteiger partial charge is 0.0642 e. The molecular formula is C15H24N2O2. The molecule has 0 aliphatic carbocycles. The minimum absolute atomic E-state index is 0.240. The van der Waals surface area contributed by atoms with Crippen LogP contribution < -0.4 is 10.2 Å². The molecule has 0 bridgehead atoms. The Kier molecular flexibility index (Phi) is 5.63. The zero-order valence-electron chi connectivity index (χ0n) is 11.6. The van der Waals surface area contributed by atoms with Crippen LogP contribution >= 0.6 is 0 Å². The summed E-state index contributed by atoms with van der Waals surface area (Å²) in [4.78, 5) is 2.36. The van der Waals surface area contributed by atoms with E-state index < -0.39 is 0 Å². The van der Waals surface area contributed by atoms with Gasteiger partial charge in [0.05, 0.1) is 13.2 Å². The minimum atomic E-state index is 0.240. The third-order valence-electron chi connectivity index (χ3n) is 3.53. The Labute approximate surface area is 115 Å². The molecule has 1 aromatic rings. The van der Waals surface area contributed by atoms with E-state index in [1.807, 2.05) is 0 Å². The van der Waals surface area contributed by atoms with Gasteiger partial charge in [0.1, 0.15) is 0 Å². The maximum atomic E-state index is 8.86. The molecule has 1 heterocycles. The maximum absolute atomic E-state index is 8.86. The van der Waals surface area contributed by atoms with Crippen molar-refractivity contribution in [1.82, 2.24) is 5.32 Å². The van der Waals surface area contributed by atoms with Crippen LogP contribution in [0.5, 0.6) is 0 Å². The third kappa shape index (κ3) is 4.49. The van der Waals surface area contributed by atoms with Crippen LogP contribution in [0.25, 0.3) is 0 Å². The summed E-state index contributed by atoms with van der Waals surface area (Å²) in [5.74, 6) is 0. The van der Waals surface area contributed by atoms with Crippen LogP contribution in [0.3, 0.4) is 0 Å². The molecule has 1 fully saturated rings. The van der Waals surface area contributed by atoms with Crippen LogP contribution in [0, 0.1) is 0 Å². The van der Waals surface area contributed by atoms with Crippen LogP contribution in [0.1, 0.15) is 18.9 Å². The molecule has 106 valence electrons. The van der Waals surface area contributed by atoms with Crippen molar-refractivity contribution in [3.63, 3.8) is 0 Å². The number of hydrogen-bond acceptors (Lipinski definition) is 4. The van der Waals surface area contributed by atoms with Crippen molar-refractivity contribution in [1.29, 1.82) is 0 Å². The monoisotopic (exact) mass is 264 g/mol. The van der Waals surface area contributed by atoms with Gasteiger partial charge in [-0.1, -0.05) is 12.1 Å². The molecule has 1 aromatic carbocycles. The van der Waals surface area contributed by atoms with Gasteiger partial charge in [-0.2, -0.15) is 0 Å². The quantitative estimate of drug-likeness (QED) is 0.815. The number of nitrogens with zero attached hydrogens (tertiary/aromatic N) is 1. The second-order valence-electron chi connectivity index (χ2n) is 5.06. The molecule has 1 saturated heterocycles. The summed E-state index contributed by atoms with van der Waals surface area (Å²) in [6.07, 6.45) is 0.797. The van der Waals surface area contributed by atoms with Crippen molar-refractivity contribution in [2.75, 3.05) is 37.8 Å². The van der Waals surface area contributed by atoms with Crippen molar-refractivity contribution in [2.24, 2.45) is 0 Å². The topological polar surface area (TPSA) is 44.7 Å². The highest BCUT2D eigenvalue weighted by Crippen LogP contribution is 2.16. The molecule has 1 atom stereocenters. The summed E-state index contributed by atoms with van der Waals surface area (Å²) in [6.45, 7) is 6.78.